The van der Waals surface area contributed by atoms with Gasteiger partial charge < -0.3 is 24.6 Å². The normalized spacial score (nSPS) is 16.0. The van der Waals surface area contributed by atoms with E-state index in [4.69, 9.17) is 0 Å². The van der Waals surface area contributed by atoms with Gasteiger partial charge >= 0.3 is 12.3 Å². The maximum absolute atomic E-state index is 13.0. The number of hydrogen-bond donors (Lipinski definition) is 2. The van der Waals surface area contributed by atoms with Crippen LogP contribution in [-0.2, 0) is 16.1 Å². The first-order valence-electron chi connectivity index (χ1n) is 10.4. The lowest BCUT2D eigenvalue weighted by atomic mass is 10.2. The summed E-state index contributed by atoms with van der Waals surface area (Å²) in [4.78, 5) is 38.8. The van der Waals surface area contributed by atoms with Gasteiger partial charge in [0.15, 0.2) is 0 Å². The molecule has 0 saturated carbocycles. The van der Waals surface area contributed by atoms with Gasteiger partial charge in [0, 0.05) is 35.4 Å². The molecule has 2 aromatic carbocycles. The summed E-state index contributed by atoms with van der Waals surface area (Å²) in [6.45, 7) is 0.172. The van der Waals surface area contributed by atoms with E-state index in [0.29, 0.717) is 30.3 Å². The van der Waals surface area contributed by atoms with Crippen LogP contribution in [0.3, 0.4) is 0 Å². The molecule has 0 bridgehead atoms. The molecule has 1 aromatic heterocycles. The average molecular weight is 475 g/mol. The van der Waals surface area contributed by atoms with Crippen LogP contribution in [0.5, 0.6) is 5.75 Å². The van der Waals surface area contributed by atoms with E-state index in [1.165, 1.54) is 27.8 Å². The van der Waals surface area contributed by atoms with Crippen LogP contribution in [0.1, 0.15) is 23.2 Å². The molecule has 1 aliphatic heterocycles. The van der Waals surface area contributed by atoms with Crippen molar-refractivity contribution in [2.75, 3.05) is 11.9 Å². The molecule has 34 heavy (non-hydrogen) atoms. The number of amides is 2. The number of nitrogens with one attached hydrogen (secondary N) is 1. The van der Waals surface area contributed by atoms with Crippen molar-refractivity contribution in [1.82, 2.24) is 9.47 Å². The molecule has 2 N–H and O–H groups in total. The molecule has 1 fully saturated rings. The van der Waals surface area contributed by atoms with Gasteiger partial charge in [0.2, 0.25) is 11.8 Å². The Morgan fingerprint density at radius 2 is 1.88 bits per heavy atom. The first kappa shape index (κ1) is 23.1. The number of halogens is 3. The molecule has 11 heteroatoms. The predicted molar refractivity (Wildman–Crippen MR) is 115 cm³/mol. The molecule has 1 aliphatic rings. The summed E-state index contributed by atoms with van der Waals surface area (Å²) in [6, 6.07) is 10.9. The quantitative estimate of drug-likeness (QED) is 0.564. The number of ether oxygens (including phenoxy) is 1. The number of aromatic carboxylic acids is 1. The van der Waals surface area contributed by atoms with E-state index in [2.05, 4.69) is 10.1 Å². The van der Waals surface area contributed by atoms with E-state index >= 15 is 0 Å². The Labute approximate surface area is 191 Å². The molecule has 1 atom stereocenters. The van der Waals surface area contributed by atoms with Gasteiger partial charge in [-0.2, -0.15) is 0 Å². The van der Waals surface area contributed by atoms with Crippen LogP contribution in [0.2, 0.25) is 0 Å². The Morgan fingerprint density at radius 1 is 1.12 bits per heavy atom. The highest BCUT2D eigenvalue weighted by Gasteiger charge is 2.35. The van der Waals surface area contributed by atoms with E-state index in [1.807, 2.05) is 0 Å². The molecule has 0 radical (unpaired) electrons. The number of carbonyl (C=O) groups is 3. The molecule has 0 aliphatic carbocycles. The summed E-state index contributed by atoms with van der Waals surface area (Å²) >= 11 is 0. The van der Waals surface area contributed by atoms with Crippen molar-refractivity contribution in [1.29, 1.82) is 0 Å². The van der Waals surface area contributed by atoms with Crippen LogP contribution in [-0.4, -0.2) is 51.3 Å². The molecule has 2 heterocycles. The number of benzene rings is 2. The minimum absolute atomic E-state index is 0.0695. The van der Waals surface area contributed by atoms with E-state index in [9.17, 15) is 32.7 Å². The molecular formula is C23H20F3N3O5. The highest BCUT2D eigenvalue weighted by atomic mass is 19.4. The summed E-state index contributed by atoms with van der Waals surface area (Å²) in [5.74, 6) is -2.49. The number of para-hydroxylation sites is 1. The van der Waals surface area contributed by atoms with Gasteiger partial charge in [0.1, 0.15) is 18.3 Å². The predicted octanol–water partition coefficient (Wildman–Crippen LogP) is 3.87. The summed E-state index contributed by atoms with van der Waals surface area (Å²) in [5, 5.41) is 12.5. The van der Waals surface area contributed by atoms with Crippen molar-refractivity contribution in [2.24, 2.45) is 0 Å². The van der Waals surface area contributed by atoms with Gasteiger partial charge in [0.05, 0.1) is 5.56 Å². The van der Waals surface area contributed by atoms with Gasteiger partial charge in [-0.05, 0) is 31.0 Å². The number of carboxylic acids is 1. The van der Waals surface area contributed by atoms with Crippen LogP contribution in [0.4, 0.5) is 18.9 Å². The van der Waals surface area contributed by atoms with Crippen molar-refractivity contribution in [3.05, 3.63) is 60.3 Å². The van der Waals surface area contributed by atoms with Crippen LogP contribution >= 0.6 is 0 Å². The van der Waals surface area contributed by atoms with Crippen molar-refractivity contribution in [3.8, 4) is 5.75 Å². The third kappa shape index (κ3) is 4.98. The highest BCUT2D eigenvalue weighted by molar-refractivity contribution is 6.04. The lowest BCUT2D eigenvalue weighted by Gasteiger charge is -2.24. The van der Waals surface area contributed by atoms with Crippen molar-refractivity contribution in [2.45, 2.75) is 31.8 Å². The topological polar surface area (TPSA) is 101 Å². The molecule has 1 saturated heterocycles. The van der Waals surface area contributed by atoms with Crippen LogP contribution in [0.25, 0.3) is 10.9 Å². The second-order valence-corrected chi connectivity index (χ2v) is 7.80. The molecule has 0 spiro atoms. The highest BCUT2D eigenvalue weighted by Crippen LogP contribution is 2.27. The van der Waals surface area contributed by atoms with Crippen molar-refractivity contribution < 1.29 is 37.4 Å². The zero-order valence-corrected chi connectivity index (χ0v) is 17.7. The number of alkyl halides is 3. The number of hydrogen-bond acceptors (Lipinski definition) is 4. The number of carbonyl (C=O) groups excluding carboxylic acids is 2. The van der Waals surface area contributed by atoms with E-state index in [1.54, 1.807) is 24.3 Å². The number of nitrogens with zero attached hydrogens (tertiary/aromatic N) is 2. The standard InChI is InChI=1S/C23H20F3N3O5/c24-23(25,26)34-15-6-3-5-14(11-15)27-21(31)19-9-4-10-29(19)20(30)13-28-12-17(22(32)33)16-7-1-2-8-18(16)28/h1-3,5-8,11-12,19H,4,9-10,13H2,(H,27,31)(H,32,33)/t19-/m0/s1. The Balaban J connectivity index is 1.48. The number of fused-ring (bicyclic) bond motifs is 1. The van der Waals surface area contributed by atoms with E-state index in [0.717, 1.165) is 12.1 Å². The smallest absolute Gasteiger partial charge is 0.478 e. The first-order chi connectivity index (χ1) is 16.1. The Kier molecular flexibility index (Phi) is 6.18. The number of carboxylic acid groups (broad SMARTS) is 1. The van der Waals surface area contributed by atoms with Crippen LogP contribution < -0.4 is 10.1 Å². The van der Waals surface area contributed by atoms with Gasteiger partial charge in [-0.25, -0.2) is 4.79 Å². The molecule has 4 rings (SSSR count). The van der Waals surface area contributed by atoms with Crippen molar-refractivity contribution in [3.63, 3.8) is 0 Å². The minimum Gasteiger partial charge on any atom is -0.478 e. The minimum atomic E-state index is -4.86. The van der Waals surface area contributed by atoms with Crippen LogP contribution in [0.15, 0.2) is 54.7 Å². The Morgan fingerprint density at radius 3 is 2.62 bits per heavy atom. The number of likely N-dealkylation sites (tertiary alicyclic amines) is 1. The van der Waals surface area contributed by atoms with Gasteiger partial charge in [-0.1, -0.05) is 24.3 Å². The largest absolute Gasteiger partial charge is 0.573 e. The Hall–Kier alpha value is -4.02. The third-order valence-corrected chi connectivity index (χ3v) is 5.54. The van der Waals surface area contributed by atoms with Gasteiger partial charge in [-0.15, -0.1) is 13.2 Å². The zero-order valence-electron chi connectivity index (χ0n) is 17.7. The number of aromatic nitrogens is 1. The molecular weight excluding hydrogens is 455 g/mol. The fourth-order valence-corrected chi connectivity index (χ4v) is 4.12. The molecule has 2 amide bonds. The first-order valence-corrected chi connectivity index (χ1v) is 10.4. The molecule has 0 unspecified atom stereocenters. The lowest BCUT2D eigenvalue weighted by molar-refractivity contribution is -0.274. The second-order valence-electron chi connectivity index (χ2n) is 7.80. The number of anilines is 1. The number of rotatable bonds is 6. The summed E-state index contributed by atoms with van der Waals surface area (Å²) in [5.41, 5.74) is 0.753. The second kappa shape index (κ2) is 9.08. The fraction of sp³-hybridized carbons (Fsp3) is 0.261. The SMILES string of the molecule is O=C(O)c1cn(CC(=O)N2CCC[C@H]2C(=O)Nc2cccc(OC(F)(F)F)c2)c2ccccc12. The molecule has 3 aromatic rings. The van der Waals surface area contributed by atoms with E-state index < -0.39 is 30.0 Å². The Bertz CT molecular complexity index is 1250. The summed E-state index contributed by atoms with van der Waals surface area (Å²) < 4.78 is 42.8. The van der Waals surface area contributed by atoms with Gasteiger partial charge in [0.25, 0.3) is 0 Å². The van der Waals surface area contributed by atoms with Gasteiger partial charge in [-0.3, -0.25) is 9.59 Å². The fourth-order valence-electron chi connectivity index (χ4n) is 4.12. The zero-order chi connectivity index (χ0) is 24.5. The van der Waals surface area contributed by atoms with Crippen LogP contribution in [0, 0.1) is 0 Å². The monoisotopic (exact) mass is 475 g/mol. The maximum atomic E-state index is 13.0. The van der Waals surface area contributed by atoms with Crippen molar-refractivity contribution >= 4 is 34.4 Å². The summed E-state index contributed by atoms with van der Waals surface area (Å²) in [7, 11) is 0. The average Bonchev–Trinajstić information content (AvgIpc) is 3.38. The molecule has 8 nitrogen and oxygen atoms in total. The third-order valence-electron chi connectivity index (χ3n) is 5.54. The molecule has 178 valence electrons. The summed E-state index contributed by atoms with van der Waals surface area (Å²) in [6.07, 6.45) is -2.50. The maximum Gasteiger partial charge on any atom is 0.573 e. The van der Waals surface area contributed by atoms with E-state index in [-0.39, 0.29) is 23.7 Å². The lowest BCUT2D eigenvalue weighted by Crippen LogP contribution is -2.44.